The molecular formula is C15H25NO. The summed E-state index contributed by atoms with van der Waals surface area (Å²) in [5.41, 5.74) is 3.51. The molecule has 2 atom stereocenters. The Balaban J connectivity index is 2.85. The number of hydrogen-bond acceptors (Lipinski definition) is 2. The molecule has 1 aromatic carbocycles. The second kappa shape index (κ2) is 6.18. The van der Waals surface area contributed by atoms with Crippen molar-refractivity contribution >= 4 is 0 Å². The van der Waals surface area contributed by atoms with Crippen molar-refractivity contribution in [1.82, 2.24) is 5.32 Å². The van der Waals surface area contributed by atoms with Gasteiger partial charge in [0.05, 0.1) is 6.10 Å². The highest BCUT2D eigenvalue weighted by atomic mass is 16.3. The van der Waals surface area contributed by atoms with Crippen molar-refractivity contribution in [3.05, 3.63) is 34.9 Å². The minimum atomic E-state index is -0.429. The standard InChI is InChI=1S/C15H25NO/c1-6-14(16-10(2)3)15(17)13-8-7-11(4)12(5)9-13/h7-10,14-17H,6H2,1-5H3. The molecule has 0 aliphatic rings. The number of aliphatic hydroxyl groups is 1. The Labute approximate surface area is 105 Å². The zero-order chi connectivity index (χ0) is 13.0. The average molecular weight is 235 g/mol. The van der Waals surface area contributed by atoms with Gasteiger partial charge in [0.1, 0.15) is 0 Å². The summed E-state index contributed by atoms with van der Waals surface area (Å²) in [4.78, 5) is 0. The summed E-state index contributed by atoms with van der Waals surface area (Å²) in [5.74, 6) is 0. The van der Waals surface area contributed by atoms with E-state index in [1.165, 1.54) is 11.1 Å². The predicted molar refractivity (Wildman–Crippen MR) is 73.2 cm³/mol. The molecule has 17 heavy (non-hydrogen) atoms. The minimum Gasteiger partial charge on any atom is -0.387 e. The van der Waals surface area contributed by atoms with Crippen molar-refractivity contribution in [2.45, 2.75) is 59.2 Å². The predicted octanol–water partition coefficient (Wildman–Crippen LogP) is 3.11. The van der Waals surface area contributed by atoms with Crippen LogP contribution in [0.3, 0.4) is 0 Å². The molecule has 0 radical (unpaired) electrons. The fraction of sp³-hybridized carbons (Fsp3) is 0.600. The van der Waals surface area contributed by atoms with Gasteiger partial charge in [-0.2, -0.15) is 0 Å². The van der Waals surface area contributed by atoms with Crippen LogP contribution in [0.2, 0.25) is 0 Å². The van der Waals surface area contributed by atoms with E-state index < -0.39 is 6.10 Å². The normalized spacial score (nSPS) is 15.0. The molecule has 2 heteroatoms. The van der Waals surface area contributed by atoms with Crippen molar-refractivity contribution in [1.29, 1.82) is 0 Å². The molecule has 0 fully saturated rings. The molecule has 0 saturated heterocycles. The average Bonchev–Trinajstić information content (AvgIpc) is 2.28. The molecule has 2 unspecified atom stereocenters. The van der Waals surface area contributed by atoms with Crippen LogP contribution in [-0.2, 0) is 0 Å². The van der Waals surface area contributed by atoms with Gasteiger partial charge in [-0.1, -0.05) is 39.0 Å². The van der Waals surface area contributed by atoms with Crippen molar-refractivity contribution in [3.8, 4) is 0 Å². The molecule has 0 heterocycles. The summed E-state index contributed by atoms with van der Waals surface area (Å²) in [6, 6.07) is 6.71. The van der Waals surface area contributed by atoms with Crippen LogP contribution in [0.25, 0.3) is 0 Å². The van der Waals surface area contributed by atoms with Crippen LogP contribution in [0, 0.1) is 13.8 Å². The zero-order valence-electron chi connectivity index (χ0n) is 11.6. The lowest BCUT2D eigenvalue weighted by atomic mass is 9.96. The first kappa shape index (κ1) is 14.2. The van der Waals surface area contributed by atoms with E-state index in [-0.39, 0.29) is 6.04 Å². The monoisotopic (exact) mass is 235 g/mol. The molecule has 1 rings (SSSR count). The van der Waals surface area contributed by atoms with E-state index in [4.69, 9.17) is 0 Å². The van der Waals surface area contributed by atoms with Crippen LogP contribution in [0.4, 0.5) is 0 Å². The molecule has 2 nitrogen and oxygen atoms in total. The third kappa shape index (κ3) is 3.83. The summed E-state index contributed by atoms with van der Waals surface area (Å²) in [6.07, 6.45) is 0.494. The van der Waals surface area contributed by atoms with Crippen LogP contribution in [0.5, 0.6) is 0 Å². The van der Waals surface area contributed by atoms with E-state index in [0.29, 0.717) is 6.04 Å². The first-order valence-electron chi connectivity index (χ1n) is 6.47. The quantitative estimate of drug-likeness (QED) is 0.822. The molecule has 96 valence electrons. The Morgan fingerprint density at radius 3 is 2.29 bits per heavy atom. The van der Waals surface area contributed by atoms with Gasteiger partial charge in [-0.15, -0.1) is 0 Å². The number of rotatable bonds is 5. The number of hydrogen-bond donors (Lipinski definition) is 2. The summed E-state index contributed by atoms with van der Waals surface area (Å²) in [6.45, 7) is 10.5. The second-order valence-electron chi connectivity index (χ2n) is 5.12. The number of benzene rings is 1. The van der Waals surface area contributed by atoms with Gasteiger partial charge in [0, 0.05) is 12.1 Å². The number of aliphatic hydroxyl groups excluding tert-OH is 1. The molecule has 0 aliphatic carbocycles. The van der Waals surface area contributed by atoms with Crippen molar-refractivity contribution < 1.29 is 5.11 Å². The summed E-state index contributed by atoms with van der Waals surface area (Å²) in [7, 11) is 0. The minimum absolute atomic E-state index is 0.122. The molecule has 0 aliphatic heterocycles. The lowest BCUT2D eigenvalue weighted by molar-refractivity contribution is 0.121. The smallest absolute Gasteiger partial charge is 0.0943 e. The Kier molecular flexibility index (Phi) is 5.16. The van der Waals surface area contributed by atoms with E-state index in [1.807, 2.05) is 6.07 Å². The van der Waals surface area contributed by atoms with E-state index in [9.17, 15) is 5.11 Å². The lowest BCUT2D eigenvalue weighted by Crippen LogP contribution is -2.38. The van der Waals surface area contributed by atoms with Crippen molar-refractivity contribution in [3.63, 3.8) is 0 Å². The highest BCUT2D eigenvalue weighted by Gasteiger charge is 2.19. The molecular weight excluding hydrogens is 210 g/mol. The highest BCUT2D eigenvalue weighted by molar-refractivity contribution is 5.31. The summed E-state index contributed by atoms with van der Waals surface area (Å²) in [5, 5.41) is 13.8. The number of aryl methyl sites for hydroxylation is 2. The van der Waals surface area contributed by atoms with E-state index in [1.54, 1.807) is 0 Å². The Hall–Kier alpha value is -0.860. The topological polar surface area (TPSA) is 32.3 Å². The van der Waals surface area contributed by atoms with Crippen LogP contribution in [-0.4, -0.2) is 17.2 Å². The first-order chi connectivity index (χ1) is 7.95. The SMILES string of the molecule is CCC(NC(C)C)C(O)c1ccc(C)c(C)c1. The fourth-order valence-corrected chi connectivity index (χ4v) is 2.04. The molecule has 0 aromatic heterocycles. The van der Waals surface area contributed by atoms with Gasteiger partial charge < -0.3 is 10.4 Å². The van der Waals surface area contributed by atoms with Crippen molar-refractivity contribution in [2.75, 3.05) is 0 Å². The summed E-state index contributed by atoms with van der Waals surface area (Å²) < 4.78 is 0. The highest BCUT2D eigenvalue weighted by Crippen LogP contribution is 2.21. The maximum atomic E-state index is 10.4. The Bertz CT molecular complexity index is 360. The molecule has 0 amide bonds. The van der Waals surface area contributed by atoms with Gasteiger partial charge in [0.25, 0.3) is 0 Å². The first-order valence-corrected chi connectivity index (χ1v) is 6.47. The van der Waals surface area contributed by atoms with Crippen LogP contribution in [0.15, 0.2) is 18.2 Å². The summed E-state index contributed by atoms with van der Waals surface area (Å²) >= 11 is 0. The third-order valence-electron chi connectivity index (χ3n) is 3.24. The molecule has 0 bridgehead atoms. The molecule has 1 aromatic rings. The van der Waals surface area contributed by atoms with Gasteiger partial charge >= 0.3 is 0 Å². The van der Waals surface area contributed by atoms with Gasteiger partial charge in [0.15, 0.2) is 0 Å². The van der Waals surface area contributed by atoms with E-state index in [0.717, 1.165) is 12.0 Å². The largest absolute Gasteiger partial charge is 0.387 e. The second-order valence-corrected chi connectivity index (χ2v) is 5.12. The van der Waals surface area contributed by atoms with Crippen LogP contribution < -0.4 is 5.32 Å². The lowest BCUT2D eigenvalue weighted by Gasteiger charge is -2.25. The molecule has 0 saturated carbocycles. The zero-order valence-corrected chi connectivity index (χ0v) is 11.6. The van der Waals surface area contributed by atoms with Gasteiger partial charge in [0.2, 0.25) is 0 Å². The van der Waals surface area contributed by atoms with Crippen molar-refractivity contribution in [2.24, 2.45) is 0 Å². The third-order valence-corrected chi connectivity index (χ3v) is 3.24. The Morgan fingerprint density at radius 1 is 1.18 bits per heavy atom. The fourth-order valence-electron chi connectivity index (χ4n) is 2.04. The molecule has 0 spiro atoms. The Morgan fingerprint density at radius 2 is 1.82 bits per heavy atom. The van der Waals surface area contributed by atoms with Gasteiger partial charge in [-0.25, -0.2) is 0 Å². The maximum Gasteiger partial charge on any atom is 0.0943 e. The number of nitrogens with one attached hydrogen (secondary N) is 1. The van der Waals surface area contributed by atoms with Gasteiger partial charge in [-0.3, -0.25) is 0 Å². The maximum absolute atomic E-state index is 10.4. The van der Waals surface area contributed by atoms with E-state index in [2.05, 4.69) is 52.1 Å². The van der Waals surface area contributed by atoms with Crippen LogP contribution >= 0.6 is 0 Å². The van der Waals surface area contributed by atoms with E-state index >= 15 is 0 Å². The molecule has 2 N–H and O–H groups in total. The van der Waals surface area contributed by atoms with Crippen LogP contribution in [0.1, 0.15) is 50.0 Å². The van der Waals surface area contributed by atoms with Gasteiger partial charge in [-0.05, 0) is 37.0 Å².